The highest BCUT2D eigenvalue weighted by atomic mass is 19.1. The number of ether oxygens (including phenoxy) is 2. The number of hydrogen-bond donors (Lipinski definition) is 2. The summed E-state index contributed by atoms with van der Waals surface area (Å²) in [6.45, 7) is 5.88. The first-order valence-corrected chi connectivity index (χ1v) is 11.4. The zero-order valence-corrected chi connectivity index (χ0v) is 20.3. The third-order valence-corrected chi connectivity index (χ3v) is 5.07. The van der Waals surface area contributed by atoms with Gasteiger partial charge in [-0.2, -0.15) is 0 Å². The number of amides is 1. The second-order valence-electron chi connectivity index (χ2n) is 7.36. The van der Waals surface area contributed by atoms with Crippen LogP contribution < -0.4 is 20.1 Å². The summed E-state index contributed by atoms with van der Waals surface area (Å²) in [4.78, 5) is 21.0. The van der Waals surface area contributed by atoms with Crippen LogP contribution in [0.25, 0.3) is 0 Å². The Balaban J connectivity index is 0.00000167. The minimum Gasteiger partial charge on any atom is -0.481 e. The van der Waals surface area contributed by atoms with Gasteiger partial charge in [0.1, 0.15) is 23.1 Å². The number of halogens is 1. The van der Waals surface area contributed by atoms with E-state index in [-0.39, 0.29) is 21.2 Å². The first-order valence-electron chi connectivity index (χ1n) is 11.4. The maximum Gasteiger partial charge on any atom is 0.251 e. The molecular formula is C27H33FN4O3. The van der Waals surface area contributed by atoms with Gasteiger partial charge in [-0.25, -0.2) is 14.4 Å². The molecule has 0 radical (unpaired) electrons. The molecule has 0 fully saturated rings. The van der Waals surface area contributed by atoms with Crippen LogP contribution in [0.4, 0.5) is 10.2 Å². The van der Waals surface area contributed by atoms with Gasteiger partial charge in [0.25, 0.3) is 5.91 Å². The van der Waals surface area contributed by atoms with Crippen molar-refractivity contribution in [2.45, 2.75) is 33.7 Å². The Bertz CT molecular complexity index is 1250. The summed E-state index contributed by atoms with van der Waals surface area (Å²) in [5.74, 6) is 1.26. The minimum atomic E-state index is -0.502. The van der Waals surface area contributed by atoms with Crippen molar-refractivity contribution >= 4 is 11.7 Å². The van der Waals surface area contributed by atoms with E-state index in [9.17, 15) is 9.18 Å². The highest BCUT2D eigenvalue weighted by Gasteiger charge is 2.15. The second-order valence-corrected chi connectivity index (χ2v) is 7.36. The fourth-order valence-corrected chi connectivity index (χ4v) is 3.40. The molecule has 0 unspecified atom stereocenters. The number of nitrogens with one attached hydrogen (secondary N) is 2. The largest absolute Gasteiger partial charge is 0.481 e. The number of nitrogens with zero attached hydrogens (tertiary/aromatic N) is 2. The molecule has 0 bridgehead atoms. The van der Waals surface area contributed by atoms with Crippen molar-refractivity contribution in [1.82, 2.24) is 15.3 Å². The molecule has 0 spiro atoms. The third kappa shape index (κ3) is 6.66. The predicted octanol–water partition coefficient (Wildman–Crippen LogP) is 6.43. The van der Waals surface area contributed by atoms with Gasteiger partial charge >= 0.3 is 0 Å². The van der Waals surface area contributed by atoms with Gasteiger partial charge in [0.05, 0.1) is 13.3 Å². The van der Waals surface area contributed by atoms with Gasteiger partial charge in [-0.15, -0.1) is 0 Å². The molecule has 2 N–H and O–H groups in total. The fourth-order valence-electron chi connectivity index (χ4n) is 3.40. The molecule has 2 aromatic heterocycles. The Morgan fingerprint density at radius 3 is 2.77 bits per heavy atom. The number of pyridine rings is 2. The van der Waals surface area contributed by atoms with Crippen LogP contribution in [0.2, 0.25) is 0 Å². The quantitative estimate of drug-likeness (QED) is 0.386. The first-order chi connectivity index (χ1) is 17.0. The molecule has 35 heavy (non-hydrogen) atoms. The molecule has 4 rings (SSSR count). The number of carbonyl (C=O) groups is 1. The Hall–Kier alpha value is -4.20. The van der Waals surface area contributed by atoms with Gasteiger partial charge < -0.3 is 20.1 Å². The number of hydrogen-bond acceptors (Lipinski definition) is 6. The van der Waals surface area contributed by atoms with E-state index in [0.29, 0.717) is 34.0 Å². The SMILES string of the molecule is CC.COc1ncc(F)cc1CNC(=O)c1cccc(Oc2ccnc(NC3=CC=CC3)c2)c1C.[HH].[HH]. The van der Waals surface area contributed by atoms with Gasteiger partial charge in [0.2, 0.25) is 5.88 Å². The van der Waals surface area contributed by atoms with E-state index in [1.807, 2.05) is 32.9 Å². The van der Waals surface area contributed by atoms with E-state index >= 15 is 0 Å². The lowest BCUT2D eigenvalue weighted by atomic mass is 10.1. The molecule has 0 saturated carbocycles. The summed E-state index contributed by atoms with van der Waals surface area (Å²) >= 11 is 0. The van der Waals surface area contributed by atoms with E-state index in [4.69, 9.17) is 9.47 Å². The summed E-state index contributed by atoms with van der Waals surface area (Å²) in [7, 11) is 1.44. The number of allylic oxidation sites excluding steroid dienone is 3. The molecule has 7 nitrogen and oxygen atoms in total. The maximum atomic E-state index is 13.5. The zero-order valence-electron chi connectivity index (χ0n) is 20.3. The van der Waals surface area contributed by atoms with Crippen LogP contribution in [0.15, 0.2) is 72.7 Å². The van der Waals surface area contributed by atoms with Crippen molar-refractivity contribution in [3.8, 4) is 17.4 Å². The molecule has 0 atom stereocenters. The van der Waals surface area contributed by atoms with Crippen molar-refractivity contribution in [1.29, 1.82) is 0 Å². The predicted molar refractivity (Wildman–Crippen MR) is 138 cm³/mol. The van der Waals surface area contributed by atoms with Crippen LogP contribution in [-0.4, -0.2) is 23.0 Å². The zero-order chi connectivity index (χ0) is 25.2. The van der Waals surface area contributed by atoms with E-state index in [0.717, 1.165) is 18.3 Å². The number of anilines is 1. The van der Waals surface area contributed by atoms with Crippen LogP contribution in [-0.2, 0) is 6.54 Å². The first kappa shape index (κ1) is 25.4. The van der Waals surface area contributed by atoms with Crippen molar-refractivity contribution in [2.75, 3.05) is 12.4 Å². The number of aromatic nitrogens is 2. The lowest BCUT2D eigenvalue weighted by Gasteiger charge is -2.14. The Labute approximate surface area is 207 Å². The molecule has 1 amide bonds. The number of methoxy groups -OCH3 is 1. The summed E-state index contributed by atoms with van der Waals surface area (Å²) in [6, 6.07) is 10.1. The highest BCUT2D eigenvalue weighted by molar-refractivity contribution is 5.96. The maximum absolute atomic E-state index is 13.5. The number of benzene rings is 1. The van der Waals surface area contributed by atoms with E-state index < -0.39 is 5.82 Å². The lowest BCUT2D eigenvalue weighted by Crippen LogP contribution is -2.24. The smallest absolute Gasteiger partial charge is 0.251 e. The van der Waals surface area contributed by atoms with Crippen molar-refractivity contribution in [3.05, 3.63) is 95.2 Å². The molecule has 0 saturated heterocycles. The second kappa shape index (κ2) is 12.3. The van der Waals surface area contributed by atoms with Crippen LogP contribution in [0.1, 0.15) is 44.6 Å². The summed E-state index contributed by atoms with van der Waals surface area (Å²) in [5.41, 5.74) is 2.62. The molecule has 2 heterocycles. The normalized spacial score (nSPS) is 11.7. The Morgan fingerprint density at radius 1 is 1.20 bits per heavy atom. The Kier molecular flexibility index (Phi) is 8.95. The molecule has 8 heteroatoms. The van der Waals surface area contributed by atoms with E-state index in [1.54, 1.807) is 36.5 Å². The monoisotopic (exact) mass is 480 g/mol. The van der Waals surface area contributed by atoms with Crippen molar-refractivity contribution < 1.29 is 21.5 Å². The standard InChI is InChI=1S/C25H23FN4O3.C2H6.2H2/c1-16-21(24(31)28-14-17-12-18(26)15-29-25(17)32-2)8-5-9-22(16)33-20-10-11-27-23(13-20)30-19-6-3-4-7-19;1-2;;/h3-6,8-13,15H,7,14H2,1-2H3,(H,27,30)(H,28,31);1-2H3;2*1H. The van der Waals surface area contributed by atoms with Gasteiger partial charge in [0, 0.05) is 50.5 Å². The van der Waals surface area contributed by atoms with Crippen LogP contribution >= 0.6 is 0 Å². The lowest BCUT2D eigenvalue weighted by molar-refractivity contribution is 0.0949. The van der Waals surface area contributed by atoms with Crippen molar-refractivity contribution in [2.24, 2.45) is 0 Å². The average Bonchev–Trinajstić information content (AvgIpc) is 3.38. The summed E-state index contributed by atoms with van der Waals surface area (Å²) in [6.07, 6.45) is 9.61. The molecule has 186 valence electrons. The van der Waals surface area contributed by atoms with E-state index in [2.05, 4.69) is 26.7 Å². The van der Waals surface area contributed by atoms with Crippen LogP contribution in [0.5, 0.6) is 17.4 Å². The van der Waals surface area contributed by atoms with Crippen LogP contribution in [0, 0.1) is 12.7 Å². The summed E-state index contributed by atoms with van der Waals surface area (Å²) < 4.78 is 24.7. The molecular weight excluding hydrogens is 447 g/mol. The van der Waals surface area contributed by atoms with Crippen LogP contribution in [0.3, 0.4) is 0 Å². The third-order valence-electron chi connectivity index (χ3n) is 5.07. The summed E-state index contributed by atoms with van der Waals surface area (Å²) in [5, 5.41) is 6.04. The molecule has 1 aliphatic rings. The van der Waals surface area contributed by atoms with Gasteiger partial charge in [-0.3, -0.25) is 4.79 Å². The average molecular weight is 481 g/mol. The number of carbonyl (C=O) groups excluding carboxylic acids is 1. The molecule has 1 aromatic carbocycles. The fraction of sp³-hybridized carbons (Fsp3) is 0.222. The van der Waals surface area contributed by atoms with Crippen molar-refractivity contribution in [3.63, 3.8) is 0 Å². The molecule has 3 aromatic rings. The minimum absolute atomic E-state index is 0. The highest BCUT2D eigenvalue weighted by Crippen LogP contribution is 2.29. The topological polar surface area (TPSA) is 85.4 Å². The van der Waals surface area contributed by atoms with Gasteiger partial charge in [0.15, 0.2) is 0 Å². The number of rotatable bonds is 8. The van der Waals surface area contributed by atoms with E-state index in [1.165, 1.54) is 13.2 Å². The molecule has 0 aliphatic heterocycles. The van der Waals surface area contributed by atoms with Gasteiger partial charge in [-0.05, 0) is 37.3 Å². The Morgan fingerprint density at radius 2 is 2.03 bits per heavy atom. The molecule has 1 aliphatic carbocycles. The van der Waals surface area contributed by atoms with Gasteiger partial charge in [-0.1, -0.05) is 32.1 Å².